The van der Waals surface area contributed by atoms with E-state index in [1.54, 1.807) is 6.08 Å². The Bertz CT molecular complexity index is 890. The molecule has 4 N–H and O–H groups in total. The number of allylic oxidation sites excluding steroid dienone is 3. The zero-order valence-corrected chi connectivity index (χ0v) is 40.6. The van der Waals surface area contributed by atoms with Gasteiger partial charge in [0.15, 0.2) is 0 Å². The molecule has 0 aromatic rings. The minimum absolute atomic E-state index is 0.0131. The number of amides is 1. The predicted molar refractivity (Wildman–Crippen MR) is 264 cm³/mol. The fourth-order valence-electron chi connectivity index (χ4n) is 8.57. The number of aliphatic hydroxyl groups excluding tert-OH is 3. The molecule has 5 heteroatoms. The maximum atomic E-state index is 12.5. The molecule has 0 saturated heterocycles. The first kappa shape index (κ1) is 58.8. The molecule has 0 aromatic heterocycles. The van der Waals surface area contributed by atoms with Gasteiger partial charge in [0, 0.05) is 0 Å². The number of carbonyl (C=O) groups excluding carboxylic acids is 1. The number of hydrogen-bond donors (Lipinski definition) is 4. The normalized spacial score (nSPS) is 13.5. The highest BCUT2D eigenvalue weighted by molar-refractivity contribution is 5.76. The van der Waals surface area contributed by atoms with Crippen molar-refractivity contribution in [2.24, 2.45) is 0 Å². The topological polar surface area (TPSA) is 89.8 Å². The van der Waals surface area contributed by atoms with Crippen LogP contribution in [0.25, 0.3) is 0 Å². The lowest BCUT2D eigenvalue weighted by molar-refractivity contribution is -0.124. The van der Waals surface area contributed by atoms with E-state index < -0.39 is 18.2 Å². The molecule has 3 atom stereocenters. The van der Waals surface area contributed by atoms with E-state index in [-0.39, 0.29) is 18.9 Å². The second-order valence-corrected chi connectivity index (χ2v) is 18.8. The van der Waals surface area contributed by atoms with Gasteiger partial charge in [0.2, 0.25) is 5.91 Å². The molecule has 0 bridgehead atoms. The maximum Gasteiger partial charge on any atom is 0.222 e. The predicted octanol–water partition coefficient (Wildman–Crippen LogP) is 16.5. The molecule has 0 fully saturated rings. The minimum Gasteiger partial charge on any atom is -0.394 e. The molecular weight excluding hydrogens is 739 g/mol. The van der Waals surface area contributed by atoms with Gasteiger partial charge in [-0.2, -0.15) is 0 Å². The first-order valence-corrected chi connectivity index (χ1v) is 27.1. The molecule has 0 radical (unpaired) electrons. The minimum atomic E-state index is -0.929. The molecular formula is C55H107NO4. The first-order chi connectivity index (χ1) is 29.5. The van der Waals surface area contributed by atoms with E-state index in [1.807, 2.05) is 6.08 Å². The van der Waals surface area contributed by atoms with Crippen molar-refractivity contribution in [2.75, 3.05) is 6.61 Å². The molecule has 0 spiro atoms. The molecule has 60 heavy (non-hydrogen) atoms. The van der Waals surface area contributed by atoms with Crippen molar-refractivity contribution in [3.05, 3.63) is 24.3 Å². The van der Waals surface area contributed by atoms with Gasteiger partial charge in [-0.1, -0.05) is 269 Å². The van der Waals surface area contributed by atoms with Gasteiger partial charge >= 0.3 is 0 Å². The van der Waals surface area contributed by atoms with Crippen LogP contribution in [0.5, 0.6) is 0 Å². The Morgan fingerprint density at radius 3 is 1.02 bits per heavy atom. The van der Waals surface area contributed by atoms with Crippen LogP contribution in [0.2, 0.25) is 0 Å². The summed E-state index contributed by atoms with van der Waals surface area (Å²) in [4.78, 5) is 12.5. The average Bonchev–Trinajstić information content (AvgIpc) is 3.24. The van der Waals surface area contributed by atoms with Crippen LogP contribution < -0.4 is 5.32 Å². The van der Waals surface area contributed by atoms with Crippen molar-refractivity contribution in [1.29, 1.82) is 0 Å². The molecule has 0 aliphatic rings. The van der Waals surface area contributed by atoms with E-state index in [0.717, 1.165) is 25.7 Å². The monoisotopic (exact) mass is 846 g/mol. The summed E-state index contributed by atoms with van der Waals surface area (Å²) < 4.78 is 0. The van der Waals surface area contributed by atoms with Crippen molar-refractivity contribution < 1.29 is 20.1 Å². The number of aliphatic hydroxyl groups is 3. The highest BCUT2D eigenvalue weighted by Crippen LogP contribution is 2.17. The standard InChI is InChI=1S/C55H107NO4/c1-3-5-7-9-11-13-15-17-19-21-23-25-27-28-30-32-34-36-38-40-42-44-46-48-52(58)50-55(60)56-53(51-57)54(59)49-47-45-43-41-39-37-35-33-31-29-26-24-22-20-18-16-14-12-10-8-6-4-2/h28,30,47,49,52-54,57-59H,3-27,29,31-46,48,50-51H2,1-2H3,(H,56,60)/b30-28-,49-47+. The van der Waals surface area contributed by atoms with Crippen LogP contribution in [0.1, 0.15) is 296 Å². The van der Waals surface area contributed by atoms with Crippen LogP contribution in [0.4, 0.5) is 0 Å². The maximum absolute atomic E-state index is 12.5. The number of rotatable bonds is 50. The summed E-state index contributed by atoms with van der Waals surface area (Å²) in [6, 6.07) is -0.745. The van der Waals surface area contributed by atoms with Crippen molar-refractivity contribution >= 4 is 5.91 Å². The van der Waals surface area contributed by atoms with Crippen molar-refractivity contribution in [3.8, 4) is 0 Å². The van der Waals surface area contributed by atoms with E-state index in [0.29, 0.717) is 6.42 Å². The summed E-state index contributed by atoms with van der Waals surface area (Å²) in [7, 11) is 0. The number of hydrogen-bond acceptors (Lipinski definition) is 4. The van der Waals surface area contributed by atoms with Crippen LogP contribution >= 0.6 is 0 Å². The number of nitrogens with one attached hydrogen (secondary N) is 1. The molecule has 0 heterocycles. The smallest absolute Gasteiger partial charge is 0.222 e. The zero-order chi connectivity index (χ0) is 43.7. The second kappa shape index (κ2) is 50.5. The fourth-order valence-corrected chi connectivity index (χ4v) is 8.57. The molecule has 356 valence electrons. The van der Waals surface area contributed by atoms with Gasteiger partial charge in [0.05, 0.1) is 31.3 Å². The number of carbonyl (C=O) groups is 1. The van der Waals surface area contributed by atoms with E-state index in [9.17, 15) is 20.1 Å². The van der Waals surface area contributed by atoms with Gasteiger partial charge in [0.1, 0.15) is 0 Å². The molecule has 1 amide bonds. The van der Waals surface area contributed by atoms with Crippen LogP contribution in [0, 0.1) is 0 Å². The first-order valence-electron chi connectivity index (χ1n) is 27.1. The summed E-state index contributed by atoms with van der Waals surface area (Å²) in [5.74, 6) is -0.314. The Hall–Kier alpha value is -1.17. The summed E-state index contributed by atoms with van der Waals surface area (Å²) in [5, 5.41) is 33.4. The van der Waals surface area contributed by atoms with Gasteiger partial charge < -0.3 is 20.6 Å². The Kier molecular flexibility index (Phi) is 49.5. The van der Waals surface area contributed by atoms with E-state index in [4.69, 9.17) is 0 Å². The Morgan fingerprint density at radius 2 is 0.700 bits per heavy atom. The lowest BCUT2D eigenvalue weighted by atomic mass is 10.0. The lowest BCUT2D eigenvalue weighted by Gasteiger charge is -2.21. The van der Waals surface area contributed by atoms with E-state index in [1.165, 1.54) is 244 Å². The van der Waals surface area contributed by atoms with Gasteiger partial charge in [-0.05, 0) is 44.9 Å². The SMILES string of the molecule is CCCCCCCCCCCCCC/C=C\CCCCCCCCCC(O)CC(=O)NC(CO)C(O)/C=C/CCCCCCCCCCCCCCCCCCCCCC. The molecule has 0 aromatic carbocycles. The Balaban J connectivity index is 3.58. The second-order valence-electron chi connectivity index (χ2n) is 18.8. The van der Waals surface area contributed by atoms with E-state index >= 15 is 0 Å². The fraction of sp³-hybridized carbons (Fsp3) is 0.909. The van der Waals surface area contributed by atoms with E-state index in [2.05, 4.69) is 31.3 Å². The molecule has 0 saturated carbocycles. The molecule has 3 unspecified atom stereocenters. The molecule has 0 aliphatic heterocycles. The third kappa shape index (κ3) is 46.3. The van der Waals surface area contributed by atoms with Gasteiger partial charge in [0.25, 0.3) is 0 Å². The molecule has 0 rings (SSSR count). The molecule has 5 nitrogen and oxygen atoms in total. The largest absolute Gasteiger partial charge is 0.394 e. The quantitative estimate of drug-likeness (QED) is 0.0363. The van der Waals surface area contributed by atoms with Crippen molar-refractivity contribution in [2.45, 2.75) is 315 Å². The van der Waals surface area contributed by atoms with Crippen molar-refractivity contribution in [3.63, 3.8) is 0 Å². The molecule has 0 aliphatic carbocycles. The van der Waals surface area contributed by atoms with Crippen LogP contribution in [0.15, 0.2) is 24.3 Å². The highest BCUT2D eigenvalue weighted by atomic mass is 16.3. The Morgan fingerprint density at radius 1 is 0.417 bits per heavy atom. The third-order valence-electron chi connectivity index (χ3n) is 12.7. The highest BCUT2D eigenvalue weighted by Gasteiger charge is 2.20. The van der Waals surface area contributed by atoms with Crippen LogP contribution in [-0.4, -0.2) is 46.1 Å². The summed E-state index contributed by atoms with van der Waals surface area (Å²) in [5.41, 5.74) is 0. The summed E-state index contributed by atoms with van der Waals surface area (Å²) >= 11 is 0. The Labute approximate surface area is 375 Å². The van der Waals surface area contributed by atoms with Crippen molar-refractivity contribution in [1.82, 2.24) is 5.32 Å². The lowest BCUT2D eigenvalue weighted by Crippen LogP contribution is -2.45. The number of unbranched alkanes of at least 4 members (excludes halogenated alkanes) is 39. The summed E-state index contributed by atoms with van der Waals surface area (Å²) in [6.45, 7) is 4.25. The van der Waals surface area contributed by atoms with Gasteiger partial charge in [-0.3, -0.25) is 4.79 Å². The van der Waals surface area contributed by atoms with Gasteiger partial charge in [-0.15, -0.1) is 0 Å². The van der Waals surface area contributed by atoms with Gasteiger partial charge in [-0.25, -0.2) is 0 Å². The third-order valence-corrected chi connectivity index (χ3v) is 12.7. The van der Waals surface area contributed by atoms with Crippen LogP contribution in [-0.2, 0) is 4.79 Å². The zero-order valence-electron chi connectivity index (χ0n) is 40.6. The van der Waals surface area contributed by atoms with Crippen LogP contribution in [0.3, 0.4) is 0 Å². The average molecular weight is 846 g/mol. The summed E-state index contributed by atoms with van der Waals surface area (Å²) in [6.07, 6.45) is 63.5.